The molecule has 0 aromatic carbocycles. The van der Waals surface area contributed by atoms with E-state index in [1.165, 1.54) is 0 Å². The number of hydrogen-bond acceptors (Lipinski definition) is 5. The quantitative estimate of drug-likeness (QED) is 0.213. The van der Waals surface area contributed by atoms with E-state index in [0.717, 1.165) is 43.8 Å². The maximum atomic E-state index is 11.8. The fourth-order valence-electron chi connectivity index (χ4n) is 3.39. The number of rotatable bonds is 16. The second-order valence-electron chi connectivity index (χ2n) is 9.05. The minimum atomic E-state index is -2.31. The summed E-state index contributed by atoms with van der Waals surface area (Å²) < 4.78 is 13.6. The van der Waals surface area contributed by atoms with Crippen LogP contribution >= 0.6 is 0 Å². The van der Waals surface area contributed by atoms with E-state index >= 15 is 0 Å². The van der Waals surface area contributed by atoms with E-state index in [-0.39, 0.29) is 5.78 Å². The molecule has 0 aromatic rings. The number of unbranched alkanes of at least 4 members (excludes halogenated alkanes) is 1. The van der Waals surface area contributed by atoms with Gasteiger partial charge in [-0.1, -0.05) is 13.0 Å². The summed E-state index contributed by atoms with van der Waals surface area (Å²) >= 11 is 0. The van der Waals surface area contributed by atoms with E-state index in [0.29, 0.717) is 25.1 Å². The van der Waals surface area contributed by atoms with Crippen molar-refractivity contribution in [1.29, 1.82) is 0 Å². The summed E-state index contributed by atoms with van der Waals surface area (Å²) in [5, 5.41) is 0. The third-order valence-electron chi connectivity index (χ3n) is 4.71. The number of carbonyl (C=O) groups is 1. The molecule has 0 aliphatic carbocycles. The molecule has 0 aliphatic heterocycles. The maximum Gasteiger partial charge on any atom is 0.314 e. The van der Waals surface area contributed by atoms with Gasteiger partial charge >= 0.3 is 8.56 Å². The van der Waals surface area contributed by atoms with Gasteiger partial charge in [-0.25, -0.2) is 0 Å². The van der Waals surface area contributed by atoms with Crippen LogP contribution in [0.4, 0.5) is 0 Å². The summed E-state index contributed by atoms with van der Waals surface area (Å²) in [4.78, 5) is 11.8. The van der Waals surface area contributed by atoms with Gasteiger partial charge < -0.3 is 19.7 Å². The molecule has 160 valence electrons. The Labute approximate surface area is 170 Å². The number of carbonyl (C=O) groups excluding carboxylic acids is 1. The molecule has 27 heavy (non-hydrogen) atoms. The second kappa shape index (κ2) is 12.5. The topological polar surface area (TPSA) is 87.6 Å². The zero-order valence-corrected chi connectivity index (χ0v) is 21.7. The number of allylic oxidation sites excluding steroid dienone is 1. The van der Waals surface area contributed by atoms with Gasteiger partial charge in [0.05, 0.1) is 0 Å². The number of nitrogens with two attached hydrogens (primary N) is 2. The summed E-state index contributed by atoms with van der Waals surface area (Å²) in [6.45, 7) is 18.3. The summed E-state index contributed by atoms with van der Waals surface area (Å²) in [6, 6.07) is 3.07. The van der Waals surface area contributed by atoms with Crippen LogP contribution in [0.15, 0.2) is 12.2 Å². The molecule has 8 heteroatoms. The SMILES string of the molecule is C=C(C)C(=O)CCCC[Si](C)(O[Si](C)(C)CCCN)O[Si](C)(C)CCCN. The lowest BCUT2D eigenvalue weighted by Crippen LogP contribution is -2.54. The summed E-state index contributed by atoms with van der Waals surface area (Å²) in [6.07, 6.45) is 4.42. The van der Waals surface area contributed by atoms with Crippen LogP contribution in [-0.2, 0) is 13.0 Å². The molecule has 0 amide bonds. The van der Waals surface area contributed by atoms with Crippen LogP contribution in [0.1, 0.15) is 39.0 Å². The van der Waals surface area contributed by atoms with E-state index in [4.69, 9.17) is 19.7 Å². The highest BCUT2D eigenvalue weighted by Gasteiger charge is 2.42. The van der Waals surface area contributed by atoms with Gasteiger partial charge in [0.1, 0.15) is 0 Å². The third kappa shape index (κ3) is 12.9. The molecular formula is C19H44N2O3Si3. The highest BCUT2D eigenvalue weighted by Crippen LogP contribution is 2.30. The average Bonchev–Trinajstić information content (AvgIpc) is 2.53. The van der Waals surface area contributed by atoms with Crippen LogP contribution in [0.25, 0.3) is 0 Å². The summed E-state index contributed by atoms with van der Waals surface area (Å²) in [7, 11) is -5.95. The lowest BCUT2D eigenvalue weighted by atomic mass is 10.1. The van der Waals surface area contributed by atoms with Crippen LogP contribution < -0.4 is 11.5 Å². The van der Waals surface area contributed by atoms with Crippen molar-refractivity contribution in [2.24, 2.45) is 11.5 Å². The average molecular weight is 433 g/mol. The predicted molar refractivity (Wildman–Crippen MR) is 124 cm³/mol. The Hall–Kier alpha value is -0.0994. The molecule has 0 fully saturated rings. The van der Waals surface area contributed by atoms with Crippen molar-refractivity contribution in [1.82, 2.24) is 0 Å². The second-order valence-corrected chi connectivity index (χ2v) is 21.5. The first-order valence-corrected chi connectivity index (χ1v) is 19.1. The monoisotopic (exact) mass is 432 g/mol. The maximum absolute atomic E-state index is 11.8. The van der Waals surface area contributed by atoms with Crippen molar-refractivity contribution >= 4 is 31.0 Å². The van der Waals surface area contributed by atoms with Crippen LogP contribution in [-0.4, -0.2) is 44.1 Å². The van der Waals surface area contributed by atoms with Gasteiger partial charge in [-0.15, -0.1) is 0 Å². The van der Waals surface area contributed by atoms with Gasteiger partial charge in [-0.05, 0) is 95.7 Å². The highest BCUT2D eigenvalue weighted by atomic mass is 28.5. The van der Waals surface area contributed by atoms with Crippen molar-refractivity contribution in [2.75, 3.05) is 13.1 Å². The standard InChI is InChI=1S/C19H44N2O3Si3/c1-18(2)19(22)12-8-9-17-27(7,23-25(3,4)15-10-13-20)24-26(5,6)16-11-14-21/h1,8-17,20-21H2,2-7H3. The van der Waals surface area contributed by atoms with Gasteiger partial charge in [0.2, 0.25) is 0 Å². The Bertz CT molecular complexity index is 449. The Morgan fingerprint density at radius 1 is 0.815 bits per heavy atom. The largest absolute Gasteiger partial charge is 0.436 e. The Balaban J connectivity index is 5.01. The van der Waals surface area contributed by atoms with Crippen LogP contribution in [0, 0.1) is 0 Å². The van der Waals surface area contributed by atoms with Gasteiger partial charge in [0.15, 0.2) is 22.4 Å². The molecule has 0 bridgehead atoms. The Morgan fingerprint density at radius 3 is 1.63 bits per heavy atom. The number of hydrogen-bond donors (Lipinski definition) is 2. The zero-order valence-electron chi connectivity index (χ0n) is 18.7. The molecule has 0 unspecified atom stereocenters. The number of ketones is 1. The summed E-state index contributed by atoms with van der Waals surface area (Å²) in [5.41, 5.74) is 12.1. The van der Waals surface area contributed by atoms with Gasteiger partial charge in [-0.2, -0.15) is 0 Å². The molecule has 0 atom stereocenters. The Kier molecular flexibility index (Phi) is 12.4. The van der Waals surface area contributed by atoms with Crippen LogP contribution in [0.3, 0.4) is 0 Å². The smallest absolute Gasteiger partial charge is 0.314 e. The fourth-order valence-corrected chi connectivity index (χ4v) is 17.9. The molecule has 0 radical (unpaired) electrons. The molecular weight excluding hydrogens is 388 g/mol. The van der Waals surface area contributed by atoms with Crippen LogP contribution in [0.5, 0.6) is 0 Å². The normalized spacial score (nSPS) is 13.0. The predicted octanol–water partition coefficient (Wildman–Crippen LogP) is 4.51. The van der Waals surface area contributed by atoms with E-state index in [1.54, 1.807) is 6.92 Å². The first-order chi connectivity index (χ1) is 12.4. The highest BCUT2D eigenvalue weighted by molar-refractivity contribution is 6.88. The van der Waals surface area contributed by atoms with Crippen molar-refractivity contribution in [3.05, 3.63) is 12.2 Å². The molecule has 0 rings (SSSR count). The molecule has 0 spiro atoms. The minimum Gasteiger partial charge on any atom is -0.436 e. The van der Waals surface area contributed by atoms with Gasteiger partial charge in [-0.3, -0.25) is 4.79 Å². The van der Waals surface area contributed by atoms with E-state index in [9.17, 15) is 4.79 Å². The molecule has 0 saturated carbocycles. The molecule has 0 aliphatic rings. The van der Waals surface area contributed by atoms with Crippen molar-refractivity contribution < 1.29 is 13.0 Å². The first-order valence-electron chi connectivity index (χ1n) is 10.4. The van der Waals surface area contributed by atoms with Crippen molar-refractivity contribution in [2.45, 2.75) is 89.9 Å². The molecule has 0 saturated heterocycles. The van der Waals surface area contributed by atoms with E-state index in [1.807, 2.05) is 0 Å². The number of Topliss-reactive ketones (excluding diaryl/α,β-unsaturated/α-hetero) is 1. The molecule has 0 heterocycles. The molecule has 0 aromatic heterocycles. The van der Waals surface area contributed by atoms with E-state index in [2.05, 4.69) is 39.3 Å². The van der Waals surface area contributed by atoms with Gasteiger partial charge in [0, 0.05) is 6.42 Å². The van der Waals surface area contributed by atoms with E-state index < -0.39 is 25.2 Å². The minimum absolute atomic E-state index is 0.163. The lowest BCUT2D eigenvalue weighted by Gasteiger charge is -2.41. The first kappa shape index (κ1) is 26.9. The summed E-state index contributed by atoms with van der Waals surface area (Å²) in [5.74, 6) is 0.163. The third-order valence-corrected chi connectivity index (χ3v) is 17.0. The zero-order chi connectivity index (χ0) is 21.1. The molecule has 5 nitrogen and oxygen atoms in total. The van der Waals surface area contributed by atoms with Crippen molar-refractivity contribution in [3.63, 3.8) is 0 Å². The Morgan fingerprint density at radius 2 is 1.26 bits per heavy atom. The van der Waals surface area contributed by atoms with Crippen LogP contribution in [0.2, 0.25) is 50.9 Å². The van der Waals surface area contributed by atoms with Gasteiger partial charge in [0.25, 0.3) is 0 Å². The fraction of sp³-hybridized carbons (Fsp3) is 0.842. The molecule has 4 N–H and O–H groups in total. The van der Waals surface area contributed by atoms with Crippen molar-refractivity contribution in [3.8, 4) is 0 Å². The lowest BCUT2D eigenvalue weighted by molar-refractivity contribution is -0.115.